The first-order chi connectivity index (χ1) is 12.1. The summed E-state index contributed by atoms with van der Waals surface area (Å²) >= 11 is 0. The van der Waals surface area contributed by atoms with Crippen molar-refractivity contribution in [2.75, 3.05) is 52.9 Å². The van der Waals surface area contributed by atoms with Crippen LogP contribution in [0.15, 0.2) is 0 Å². The van der Waals surface area contributed by atoms with Crippen LogP contribution >= 0.6 is 0 Å². The van der Waals surface area contributed by atoms with E-state index >= 15 is 0 Å². The third kappa shape index (κ3) is 58.7. The van der Waals surface area contributed by atoms with Crippen LogP contribution in [-0.2, 0) is 40.8 Å². The molecule has 0 rings (SSSR count). The van der Waals surface area contributed by atoms with Gasteiger partial charge in [0, 0.05) is 21.7 Å². The molecule has 0 radical (unpaired) electrons. The van der Waals surface area contributed by atoms with Crippen molar-refractivity contribution in [1.29, 1.82) is 0 Å². The Morgan fingerprint density at radius 2 is 0.815 bits per heavy atom. The van der Waals surface area contributed by atoms with Crippen molar-refractivity contribution in [1.82, 2.24) is 0 Å². The van der Waals surface area contributed by atoms with Gasteiger partial charge in [-0.1, -0.05) is 0 Å². The second-order valence-electron chi connectivity index (χ2n) is 4.15. The summed E-state index contributed by atoms with van der Waals surface area (Å²) in [6.07, 6.45) is -2.46. The predicted molar refractivity (Wildman–Crippen MR) is 88.6 cm³/mol. The fraction of sp³-hybridized carbons (Fsp3) is 0.857. The number of aliphatic hydroxyl groups is 6. The summed E-state index contributed by atoms with van der Waals surface area (Å²) in [6.45, 7) is 3.78. The van der Waals surface area contributed by atoms with Gasteiger partial charge in [-0.05, 0) is 13.8 Å². The van der Waals surface area contributed by atoms with Gasteiger partial charge in [0.05, 0.1) is 52.9 Å². The Labute approximate surface area is 172 Å². The SMILES string of the molecule is CC(O)C(=O)O.CC(O)C(=O)O.OCCOCCO.OCCOCCO.[Ti]. The van der Waals surface area contributed by atoms with Gasteiger partial charge >= 0.3 is 11.9 Å². The number of ether oxygens (including phenoxy) is 2. The molecular formula is C14H32O12Ti. The molecule has 8 N–H and O–H groups in total. The first kappa shape index (κ1) is 37.1. The molecule has 13 heteroatoms. The van der Waals surface area contributed by atoms with Crippen molar-refractivity contribution in [2.45, 2.75) is 26.1 Å². The van der Waals surface area contributed by atoms with E-state index in [2.05, 4.69) is 9.47 Å². The van der Waals surface area contributed by atoms with E-state index in [1.54, 1.807) is 0 Å². The minimum Gasteiger partial charge on any atom is -0.479 e. The fourth-order valence-electron chi connectivity index (χ4n) is 0.462. The smallest absolute Gasteiger partial charge is 0.332 e. The van der Waals surface area contributed by atoms with Gasteiger partial charge in [-0.3, -0.25) is 0 Å². The third-order valence-corrected chi connectivity index (χ3v) is 1.66. The van der Waals surface area contributed by atoms with Crippen LogP contribution < -0.4 is 0 Å². The number of carboxylic acids is 2. The standard InChI is InChI=1S/2C4H10O3.2C3H6O3.Ti/c2*5-1-3-7-4-2-6;2*1-2(4)3(5)6;/h2*5-6H,1-4H2;2*2,4H,1H3,(H,5,6);. The minimum absolute atomic E-state index is 0. The molecule has 0 aromatic heterocycles. The van der Waals surface area contributed by atoms with Crippen molar-refractivity contribution in [3.63, 3.8) is 0 Å². The Hall–Kier alpha value is -0.666. The van der Waals surface area contributed by atoms with Crippen LogP contribution in [0.3, 0.4) is 0 Å². The van der Waals surface area contributed by atoms with Gasteiger partial charge in [-0.2, -0.15) is 0 Å². The van der Waals surface area contributed by atoms with Crippen molar-refractivity contribution in [3.8, 4) is 0 Å². The van der Waals surface area contributed by atoms with Crippen LogP contribution in [0.4, 0.5) is 0 Å². The molecule has 2 atom stereocenters. The van der Waals surface area contributed by atoms with E-state index in [-0.39, 0.29) is 48.1 Å². The Balaban J connectivity index is -0.0000000789. The summed E-state index contributed by atoms with van der Waals surface area (Å²) in [5.74, 6) is -2.37. The Kier molecular flexibility index (Phi) is 45.3. The molecule has 0 amide bonds. The van der Waals surface area contributed by atoms with Gasteiger partial charge < -0.3 is 50.3 Å². The molecule has 12 nitrogen and oxygen atoms in total. The zero-order chi connectivity index (χ0) is 21.4. The van der Waals surface area contributed by atoms with Crippen LogP contribution in [-0.4, -0.2) is 118 Å². The molecule has 0 fully saturated rings. The van der Waals surface area contributed by atoms with Crippen LogP contribution in [0.1, 0.15) is 13.8 Å². The van der Waals surface area contributed by atoms with Gasteiger partial charge in [-0.25, -0.2) is 9.59 Å². The van der Waals surface area contributed by atoms with E-state index in [4.69, 9.17) is 40.9 Å². The largest absolute Gasteiger partial charge is 0.479 e. The minimum atomic E-state index is -1.23. The topological polar surface area (TPSA) is 214 Å². The summed E-state index contributed by atoms with van der Waals surface area (Å²) in [7, 11) is 0. The van der Waals surface area contributed by atoms with Gasteiger partial charge in [0.2, 0.25) is 0 Å². The molecule has 0 spiro atoms. The fourth-order valence-corrected chi connectivity index (χ4v) is 0.462. The molecule has 27 heavy (non-hydrogen) atoms. The van der Waals surface area contributed by atoms with E-state index < -0.39 is 24.1 Å². The summed E-state index contributed by atoms with van der Waals surface area (Å²) in [5.41, 5.74) is 0. The molecule has 0 saturated carbocycles. The summed E-state index contributed by atoms with van der Waals surface area (Å²) in [6, 6.07) is 0. The third-order valence-electron chi connectivity index (χ3n) is 1.66. The van der Waals surface area contributed by atoms with Gasteiger partial charge in [0.25, 0.3) is 0 Å². The van der Waals surface area contributed by atoms with E-state index in [9.17, 15) is 9.59 Å². The summed E-state index contributed by atoms with van der Waals surface area (Å²) in [4.78, 5) is 18.9. The van der Waals surface area contributed by atoms with Crippen LogP contribution in [0.5, 0.6) is 0 Å². The Bertz CT molecular complexity index is 253. The Morgan fingerprint density at radius 3 is 0.889 bits per heavy atom. The molecule has 0 aliphatic heterocycles. The van der Waals surface area contributed by atoms with E-state index in [0.717, 1.165) is 0 Å². The van der Waals surface area contributed by atoms with Crippen LogP contribution in [0, 0.1) is 0 Å². The number of hydrogen-bond donors (Lipinski definition) is 8. The number of aliphatic hydroxyl groups excluding tert-OH is 6. The van der Waals surface area contributed by atoms with Gasteiger partial charge in [-0.15, -0.1) is 0 Å². The maximum atomic E-state index is 9.45. The predicted octanol–water partition coefficient (Wildman–Crippen LogP) is -3.12. The molecule has 0 aromatic rings. The van der Waals surface area contributed by atoms with Gasteiger partial charge in [0.1, 0.15) is 12.2 Å². The number of carbonyl (C=O) groups is 2. The molecule has 0 aromatic carbocycles. The second kappa shape index (κ2) is 33.0. The Morgan fingerprint density at radius 1 is 0.667 bits per heavy atom. The summed E-state index contributed by atoms with van der Waals surface area (Å²) < 4.78 is 9.26. The molecule has 164 valence electrons. The molecule has 2 unspecified atom stereocenters. The maximum Gasteiger partial charge on any atom is 0.332 e. The van der Waals surface area contributed by atoms with Crippen molar-refractivity contribution in [3.05, 3.63) is 0 Å². The van der Waals surface area contributed by atoms with E-state index in [1.807, 2.05) is 0 Å². The average Bonchev–Trinajstić information content (AvgIpc) is 2.57. The first-order valence-electron chi connectivity index (χ1n) is 7.52. The van der Waals surface area contributed by atoms with Gasteiger partial charge in [0.15, 0.2) is 0 Å². The van der Waals surface area contributed by atoms with Crippen LogP contribution in [0.2, 0.25) is 0 Å². The van der Waals surface area contributed by atoms with E-state index in [0.29, 0.717) is 26.4 Å². The molecule has 0 aliphatic carbocycles. The number of hydrogen-bond acceptors (Lipinski definition) is 10. The number of aliphatic carboxylic acids is 2. The zero-order valence-electron chi connectivity index (χ0n) is 15.5. The van der Waals surface area contributed by atoms with Crippen molar-refractivity contribution in [2.24, 2.45) is 0 Å². The van der Waals surface area contributed by atoms with Crippen molar-refractivity contribution >= 4 is 11.9 Å². The quantitative estimate of drug-likeness (QED) is 0.125. The molecular weight excluding hydrogens is 408 g/mol. The maximum absolute atomic E-state index is 9.45. The zero-order valence-corrected chi connectivity index (χ0v) is 17.1. The van der Waals surface area contributed by atoms with E-state index in [1.165, 1.54) is 13.8 Å². The normalized spacial score (nSPS) is 11.0. The van der Waals surface area contributed by atoms with Crippen LogP contribution in [0.25, 0.3) is 0 Å². The first-order valence-corrected chi connectivity index (χ1v) is 7.52. The van der Waals surface area contributed by atoms with Crippen molar-refractivity contribution < 1.29 is 81.6 Å². The average molecular weight is 440 g/mol. The molecule has 0 aliphatic rings. The molecule has 0 heterocycles. The summed E-state index contributed by atoms with van der Waals surface area (Å²) in [5, 5.41) is 63.9. The molecule has 0 saturated heterocycles. The number of rotatable bonds is 10. The molecule has 0 bridgehead atoms. The monoisotopic (exact) mass is 440 g/mol. The second-order valence-corrected chi connectivity index (χ2v) is 4.15. The number of carboxylic acid groups (broad SMARTS) is 2.